The van der Waals surface area contributed by atoms with Gasteiger partial charge >= 0.3 is 5.97 Å². The maximum Gasteiger partial charge on any atom is 0.326 e. The summed E-state index contributed by atoms with van der Waals surface area (Å²) in [6.45, 7) is 2.26. The average Bonchev–Trinajstić information content (AvgIpc) is 3.10. The maximum absolute atomic E-state index is 13.5. The molecule has 0 bridgehead atoms. The Morgan fingerprint density at radius 3 is 2.44 bits per heavy atom. The van der Waals surface area contributed by atoms with Crippen molar-refractivity contribution in [3.63, 3.8) is 0 Å². The van der Waals surface area contributed by atoms with Gasteiger partial charge < -0.3 is 14.9 Å². The van der Waals surface area contributed by atoms with Gasteiger partial charge in [0.2, 0.25) is 5.91 Å². The Bertz CT molecular complexity index is 1180. The summed E-state index contributed by atoms with van der Waals surface area (Å²) in [4.78, 5) is 52.2. The van der Waals surface area contributed by atoms with Crippen molar-refractivity contribution in [2.24, 2.45) is 0 Å². The van der Waals surface area contributed by atoms with Crippen LogP contribution in [0, 0.1) is 10.1 Å². The number of benzene rings is 2. The zero-order valence-electron chi connectivity index (χ0n) is 19.7. The number of nitrogens with one attached hydrogen (secondary N) is 1. The summed E-state index contributed by atoms with van der Waals surface area (Å²) < 4.78 is 0. The minimum Gasteiger partial charge on any atom is -0.480 e. The zero-order valence-corrected chi connectivity index (χ0v) is 20.5. The number of likely N-dealkylation sites (tertiary alicyclic amines) is 1. The fourth-order valence-electron chi connectivity index (χ4n) is 5.17. The van der Waals surface area contributed by atoms with E-state index in [-0.39, 0.29) is 47.6 Å². The molecule has 11 heteroatoms. The number of amides is 2. The third kappa shape index (κ3) is 4.78. The lowest BCUT2D eigenvalue weighted by atomic mass is 9.93. The molecule has 2 saturated heterocycles. The summed E-state index contributed by atoms with van der Waals surface area (Å²) in [6, 6.07) is 11.7. The number of hydrogen-bond acceptors (Lipinski definition) is 6. The number of piperidine rings is 1. The van der Waals surface area contributed by atoms with Gasteiger partial charge in [0.05, 0.1) is 27.2 Å². The largest absolute Gasteiger partial charge is 0.480 e. The molecule has 2 fully saturated rings. The fraction of sp³-hybridized carbons (Fsp3) is 0.400. The van der Waals surface area contributed by atoms with Crippen molar-refractivity contribution in [1.29, 1.82) is 0 Å². The topological polar surface area (TPSA) is 133 Å². The second-order valence-electron chi connectivity index (χ2n) is 9.10. The van der Waals surface area contributed by atoms with E-state index in [9.17, 15) is 29.6 Å². The van der Waals surface area contributed by atoms with Gasteiger partial charge in [-0.1, -0.05) is 48.9 Å². The van der Waals surface area contributed by atoms with Crippen molar-refractivity contribution in [1.82, 2.24) is 15.1 Å². The standard InChI is InChI=1S/C25H27ClN4O6/c1-2-21(24(33)34)29-23(32)20(14-16-6-4-3-5-7-16)27-25(29)10-12-28(13-11-25)22(31)18-9-8-17(30(35)36)15-19(18)26/h3-9,15,20-21,27H,2,10-14H2,1H3,(H,33,34). The molecule has 2 unspecified atom stereocenters. The molecule has 2 N–H and O–H groups in total. The van der Waals surface area contributed by atoms with E-state index in [1.165, 1.54) is 17.0 Å². The van der Waals surface area contributed by atoms with Crippen LogP contribution >= 0.6 is 11.6 Å². The van der Waals surface area contributed by atoms with E-state index in [0.717, 1.165) is 11.6 Å². The van der Waals surface area contributed by atoms with Crippen molar-refractivity contribution in [2.75, 3.05) is 13.1 Å². The first-order chi connectivity index (χ1) is 17.2. The van der Waals surface area contributed by atoms with Crippen LogP contribution in [0.25, 0.3) is 0 Å². The van der Waals surface area contributed by atoms with Crippen LogP contribution in [0.5, 0.6) is 0 Å². The quantitative estimate of drug-likeness (QED) is 0.428. The van der Waals surface area contributed by atoms with Gasteiger partial charge in [0.1, 0.15) is 6.04 Å². The van der Waals surface area contributed by atoms with Gasteiger partial charge in [0, 0.05) is 38.1 Å². The van der Waals surface area contributed by atoms with Crippen molar-refractivity contribution in [2.45, 2.75) is 50.4 Å². The third-order valence-electron chi connectivity index (χ3n) is 6.98. The normalized spacial score (nSPS) is 19.9. The van der Waals surface area contributed by atoms with E-state index in [0.29, 0.717) is 19.3 Å². The van der Waals surface area contributed by atoms with Crippen LogP contribution < -0.4 is 5.32 Å². The van der Waals surface area contributed by atoms with E-state index in [1.54, 1.807) is 11.8 Å². The Kier molecular flexibility index (Phi) is 7.28. The van der Waals surface area contributed by atoms with E-state index < -0.39 is 28.6 Å². The Morgan fingerprint density at radius 1 is 1.22 bits per heavy atom. The number of nitrogens with zero attached hydrogens (tertiary/aromatic N) is 3. The summed E-state index contributed by atoms with van der Waals surface area (Å²) in [5.74, 6) is -1.69. The number of rotatable bonds is 7. The number of carboxylic acids is 1. The summed E-state index contributed by atoms with van der Waals surface area (Å²) in [5, 5.41) is 24.3. The van der Waals surface area contributed by atoms with Crippen LogP contribution in [0.15, 0.2) is 48.5 Å². The Balaban J connectivity index is 1.56. The monoisotopic (exact) mass is 514 g/mol. The van der Waals surface area contributed by atoms with Crippen LogP contribution in [-0.4, -0.2) is 68.4 Å². The highest BCUT2D eigenvalue weighted by Crippen LogP contribution is 2.36. The van der Waals surface area contributed by atoms with Gasteiger partial charge in [0.25, 0.3) is 11.6 Å². The number of carboxylic acid groups (broad SMARTS) is 1. The summed E-state index contributed by atoms with van der Waals surface area (Å²) in [7, 11) is 0. The Labute approximate surface area is 213 Å². The number of non-ortho nitro benzene ring substituents is 1. The molecule has 0 aromatic heterocycles. The predicted molar refractivity (Wildman–Crippen MR) is 132 cm³/mol. The molecule has 4 rings (SSSR count). The number of hydrogen-bond donors (Lipinski definition) is 2. The molecule has 1 spiro atoms. The first-order valence-electron chi connectivity index (χ1n) is 11.8. The molecule has 10 nitrogen and oxygen atoms in total. The van der Waals surface area contributed by atoms with E-state index in [1.807, 2.05) is 30.3 Å². The molecule has 0 saturated carbocycles. The molecule has 190 valence electrons. The summed E-state index contributed by atoms with van der Waals surface area (Å²) in [6.07, 6.45) is 1.35. The highest BCUT2D eigenvalue weighted by molar-refractivity contribution is 6.34. The summed E-state index contributed by atoms with van der Waals surface area (Å²) in [5.41, 5.74) is 0.0156. The van der Waals surface area contributed by atoms with Gasteiger partial charge in [-0.2, -0.15) is 0 Å². The van der Waals surface area contributed by atoms with Crippen LogP contribution in [0.2, 0.25) is 5.02 Å². The number of carbonyl (C=O) groups is 3. The molecule has 0 radical (unpaired) electrons. The molecule has 36 heavy (non-hydrogen) atoms. The third-order valence-corrected chi connectivity index (χ3v) is 7.29. The molecular weight excluding hydrogens is 488 g/mol. The Hall–Kier alpha value is -3.50. The SMILES string of the molecule is CCC(C(=O)O)N1C(=O)C(Cc2ccccc2)NC12CCN(C(=O)c1ccc([N+](=O)[O-])cc1Cl)CC2. The first-order valence-corrected chi connectivity index (χ1v) is 12.2. The lowest BCUT2D eigenvalue weighted by molar-refractivity contribution is -0.384. The van der Waals surface area contributed by atoms with Gasteiger partial charge in [0.15, 0.2) is 0 Å². The molecular formula is C25H27ClN4O6. The molecule has 2 atom stereocenters. The number of aliphatic carboxylic acids is 1. The second kappa shape index (κ2) is 10.2. The van der Waals surface area contributed by atoms with E-state index >= 15 is 0 Å². The molecule has 2 aliphatic rings. The van der Waals surface area contributed by atoms with Crippen LogP contribution in [-0.2, 0) is 16.0 Å². The van der Waals surface area contributed by atoms with E-state index in [4.69, 9.17) is 11.6 Å². The molecule has 2 amide bonds. The van der Waals surface area contributed by atoms with Crippen molar-refractivity contribution in [3.8, 4) is 0 Å². The zero-order chi connectivity index (χ0) is 26.0. The van der Waals surface area contributed by atoms with Gasteiger partial charge in [-0.25, -0.2) is 4.79 Å². The van der Waals surface area contributed by atoms with Crippen LogP contribution in [0.3, 0.4) is 0 Å². The molecule has 2 aliphatic heterocycles. The van der Waals surface area contributed by atoms with Gasteiger partial charge in [-0.05, 0) is 24.5 Å². The van der Waals surface area contributed by atoms with Gasteiger partial charge in [-0.15, -0.1) is 0 Å². The fourth-order valence-corrected chi connectivity index (χ4v) is 5.42. The van der Waals surface area contributed by atoms with Crippen molar-refractivity contribution in [3.05, 3.63) is 74.8 Å². The van der Waals surface area contributed by atoms with Crippen molar-refractivity contribution >= 4 is 35.1 Å². The average molecular weight is 515 g/mol. The predicted octanol–water partition coefficient (Wildman–Crippen LogP) is 3.09. The maximum atomic E-state index is 13.5. The lowest BCUT2D eigenvalue weighted by Gasteiger charge is -2.46. The summed E-state index contributed by atoms with van der Waals surface area (Å²) >= 11 is 6.16. The van der Waals surface area contributed by atoms with Crippen molar-refractivity contribution < 1.29 is 24.4 Å². The molecule has 2 heterocycles. The number of nitro benzene ring substituents is 1. The smallest absolute Gasteiger partial charge is 0.326 e. The Morgan fingerprint density at radius 2 is 1.89 bits per heavy atom. The van der Waals surface area contributed by atoms with Gasteiger partial charge in [-0.3, -0.25) is 25.0 Å². The van der Waals surface area contributed by atoms with Crippen LogP contribution in [0.1, 0.15) is 42.1 Å². The first kappa shape index (κ1) is 25.6. The highest BCUT2D eigenvalue weighted by atomic mass is 35.5. The minimum atomic E-state index is -1.07. The molecule has 2 aromatic carbocycles. The lowest BCUT2D eigenvalue weighted by Crippen LogP contribution is -2.63. The molecule has 2 aromatic rings. The minimum absolute atomic E-state index is 0.00914. The number of nitro groups is 1. The number of halogens is 1. The van der Waals surface area contributed by atoms with E-state index in [2.05, 4.69) is 5.32 Å². The second-order valence-corrected chi connectivity index (χ2v) is 9.51. The highest BCUT2D eigenvalue weighted by Gasteiger charge is 2.55. The number of carbonyl (C=O) groups excluding carboxylic acids is 2. The molecule has 0 aliphatic carbocycles. The van der Waals surface area contributed by atoms with Crippen LogP contribution in [0.4, 0.5) is 5.69 Å².